The Kier molecular flexibility index (Phi) is 5.25. The zero-order valence-electron chi connectivity index (χ0n) is 9.19. The van der Waals surface area contributed by atoms with E-state index in [2.05, 4.69) is 4.72 Å². The average molecular weight is 262 g/mol. The number of halogens is 1. The molecule has 0 aromatic heterocycles. The molecule has 0 radical (unpaired) electrons. The van der Waals surface area contributed by atoms with Gasteiger partial charge in [0.1, 0.15) is 0 Å². The van der Waals surface area contributed by atoms with Crippen LogP contribution in [0, 0.1) is 0 Å². The minimum Gasteiger partial charge on any atom is -0.215 e. The van der Waals surface area contributed by atoms with Crippen molar-refractivity contribution < 1.29 is 8.42 Å². The first-order valence-corrected chi connectivity index (χ1v) is 7.32. The molecule has 1 aromatic rings. The summed E-state index contributed by atoms with van der Waals surface area (Å²) in [4.78, 5) is 0. The van der Waals surface area contributed by atoms with E-state index < -0.39 is 10.0 Å². The lowest BCUT2D eigenvalue weighted by atomic mass is 10.0. The Balaban J connectivity index is 2.51. The highest BCUT2D eigenvalue weighted by Crippen LogP contribution is 2.13. The van der Waals surface area contributed by atoms with E-state index in [4.69, 9.17) is 11.6 Å². The van der Waals surface area contributed by atoms with E-state index in [1.54, 1.807) is 0 Å². The second kappa shape index (κ2) is 6.23. The predicted molar refractivity (Wildman–Crippen MR) is 67.4 cm³/mol. The van der Waals surface area contributed by atoms with E-state index in [0.29, 0.717) is 6.54 Å². The normalized spacial score (nSPS) is 13.6. The molecule has 0 heterocycles. The monoisotopic (exact) mass is 261 g/mol. The van der Waals surface area contributed by atoms with Gasteiger partial charge in [0, 0.05) is 12.4 Å². The summed E-state index contributed by atoms with van der Waals surface area (Å²) < 4.78 is 25.3. The van der Waals surface area contributed by atoms with Crippen LogP contribution in [0.2, 0.25) is 0 Å². The first-order chi connectivity index (χ1) is 7.55. The number of alkyl halides is 1. The largest absolute Gasteiger partial charge is 0.215 e. The van der Waals surface area contributed by atoms with Crippen LogP contribution in [0.3, 0.4) is 0 Å². The predicted octanol–water partition coefficient (Wildman–Crippen LogP) is 1.95. The molecule has 1 aromatic carbocycles. The van der Waals surface area contributed by atoms with Crippen LogP contribution in [0.15, 0.2) is 30.3 Å². The van der Waals surface area contributed by atoms with Gasteiger partial charge in [-0.3, -0.25) is 0 Å². The lowest BCUT2D eigenvalue weighted by Gasteiger charge is -2.12. The van der Waals surface area contributed by atoms with Gasteiger partial charge in [-0.15, -0.1) is 11.6 Å². The molecule has 0 fully saturated rings. The van der Waals surface area contributed by atoms with Gasteiger partial charge in [0.05, 0.1) is 5.75 Å². The van der Waals surface area contributed by atoms with Gasteiger partial charge in [0.15, 0.2) is 0 Å². The molecule has 0 amide bonds. The molecule has 0 aliphatic carbocycles. The smallest absolute Gasteiger partial charge is 0.212 e. The van der Waals surface area contributed by atoms with Gasteiger partial charge in [0.25, 0.3) is 0 Å². The summed E-state index contributed by atoms with van der Waals surface area (Å²) >= 11 is 5.40. The summed E-state index contributed by atoms with van der Waals surface area (Å²) in [6, 6.07) is 9.80. The number of rotatable bonds is 6. The SMILES string of the molecule is CC(CNS(=O)(=O)CCCl)c1ccccc1. The van der Waals surface area contributed by atoms with Crippen molar-refractivity contribution in [3.63, 3.8) is 0 Å². The highest BCUT2D eigenvalue weighted by molar-refractivity contribution is 7.89. The maximum atomic E-state index is 11.4. The maximum absolute atomic E-state index is 11.4. The fourth-order valence-corrected chi connectivity index (χ4v) is 2.79. The molecule has 3 nitrogen and oxygen atoms in total. The molecule has 0 aliphatic rings. The molecule has 16 heavy (non-hydrogen) atoms. The van der Waals surface area contributed by atoms with Gasteiger partial charge in [-0.1, -0.05) is 37.3 Å². The van der Waals surface area contributed by atoms with Gasteiger partial charge >= 0.3 is 0 Å². The summed E-state index contributed by atoms with van der Waals surface area (Å²) in [6.45, 7) is 2.39. The van der Waals surface area contributed by atoms with E-state index in [9.17, 15) is 8.42 Å². The van der Waals surface area contributed by atoms with Crippen molar-refractivity contribution in [2.24, 2.45) is 0 Å². The highest BCUT2D eigenvalue weighted by Gasteiger charge is 2.11. The van der Waals surface area contributed by atoms with Crippen molar-refractivity contribution in [2.45, 2.75) is 12.8 Å². The molecule has 0 aliphatic heterocycles. The number of benzene rings is 1. The molecule has 5 heteroatoms. The van der Waals surface area contributed by atoms with Crippen LogP contribution in [-0.4, -0.2) is 26.6 Å². The second-order valence-electron chi connectivity index (χ2n) is 3.67. The van der Waals surface area contributed by atoms with Gasteiger partial charge in [-0.25, -0.2) is 13.1 Å². The summed E-state index contributed by atoms with van der Waals surface area (Å²) in [5.41, 5.74) is 1.12. The van der Waals surface area contributed by atoms with Crippen LogP contribution in [0.1, 0.15) is 18.4 Å². The molecule has 90 valence electrons. The quantitative estimate of drug-likeness (QED) is 0.796. The number of hydrogen-bond acceptors (Lipinski definition) is 2. The Morgan fingerprint density at radius 1 is 1.31 bits per heavy atom. The van der Waals surface area contributed by atoms with Gasteiger partial charge in [-0.05, 0) is 11.5 Å². The maximum Gasteiger partial charge on any atom is 0.212 e. The van der Waals surface area contributed by atoms with E-state index >= 15 is 0 Å². The minimum absolute atomic E-state index is 0.0317. The van der Waals surface area contributed by atoms with Gasteiger partial charge in [-0.2, -0.15) is 0 Å². The van der Waals surface area contributed by atoms with E-state index in [0.717, 1.165) is 5.56 Å². The average Bonchev–Trinajstić information content (AvgIpc) is 2.27. The highest BCUT2D eigenvalue weighted by atomic mass is 35.5. The first-order valence-electron chi connectivity index (χ1n) is 5.13. The third kappa shape index (κ3) is 4.51. The number of sulfonamides is 1. The van der Waals surface area contributed by atoms with Crippen molar-refractivity contribution in [1.82, 2.24) is 4.72 Å². The van der Waals surface area contributed by atoms with Crippen LogP contribution in [0.5, 0.6) is 0 Å². The standard InChI is InChI=1S/C11H16ClNO2S/c1-10(11-5-3-2-4-6-11)9-13-16(14,15)8-7-12/h2-6,10,13H,7-9H2,1H3. The van der Waals surface area contributed by atoms with Crippen molar-refractivity contribution in [3.05, 3.63) is 35.9 Å². The van der Waals surface area contributed by atoms with Crippen molar-refractivity contribution in [3.8, 4) is 0 Å². The van der Waals surface area contributed by atoms with Crippen LogP contribution in [0.25, 0.3) is 0 Å². The summed E-state index contributed by atoms with van der Waals surface area (Å²) in [5.74, 6) is 0.247. The zero-order chi connectivity index (χ0) is 12.0. The van der Waals surface area contributed by atoms with Gasteiger partial charge in [0.2, 0.25) is 10.0 Å². The second-order valence-corrected chi connectivity index (χ2v) is 5.97. The van der Waals surface area contributed by atoms with E-state index in [1.165, 1.54) is 0 Å². The first kappa shape index (κ1) is 13.5. The summed E-state index contributed by atoms with van der Waals surface area (Å²) in [7, 11) is -3.22. The Morgan fingerprint density at radius 3 is 2.50 bits per heavy atom. The Bertz CT molecular complexity index is 405. The molecule has 1 unspecified atom stereocenters. The van der Waals surface area contributed by atoms with E-state index in [-0.39, 0.29) is 17.6 Å². The topological polar surface area (TPSA) is 46.2 Å². The molecular formula is C11H16ClNO2S. The van der Waals surface area contributed by atoms with Gasteiger partial charge < -0.3 is 0 Å². The van der Waals surface area contributed by atoms with Crippen LogP contribution in [-0.2, 0) is 10.0 Å². The van der Waals surface area contributed by atoms with Crippen molar-refractivity contribution in [2.75, 3.05) is 18.2 Å². The van der Waals surface area contributed by atoms with Crippen molar-refractivity contribution in [1.29, 1.82) is 0 Å². The third-order valence-corrected chi connectivity index (χ3v) is 4.09. The summed E-state index contributed by atoms with van der Waals surface area (Å²) in [5, 5.41) is 0. The van der Waals surface area contributed by atoms with Crippen molar-refractivity contribution >= 4 is 21.6 Å². The number of hydrogen-bond donors (Lipinski definition) is 1. The lowest BCUT2D eigenvalue weighted by molar-refractivity contribution is 0.576. The minimum atomic E-state index is -3.22. The Labute approximate surface area is 102 Å². The number of nitrogens with one attached hydrogen (secondary N) is 1. The molecule has 1 N–H and O–H groups in total. The van der Waals surface area contributed by atoms with Crippen LogP contribution >= 0.6 is 11.6 Å². The molecule has 0 spiro atoms. The Hall–Kier alpha value is -0.580. The molecular weight excluding hydrogens is 246 g/mol. The Morgan fingerprint density at radius 2 is 1.94 bits per heavy atom. The lowest BCUT2D eigenvalue weighted by Crippen LogP contribution is -2.30. The van der Waals surface area contributed by atoms with E-state index in [1.807, 2.05) is 37.3 Å². The molecule has 0 saturated carbocycles. The fraction of sp³-hybridized carbons (Fsp3) is 0.455. The zero-order valence-corrected chi connectivity index (χ0v) is 10.8. The summed E-state index contributed by atoms with van der Waals surface area (Å²) in [6.07, 6.45) is 0. The third-order valence-electron chi connectivity index (χ3n) is 2.32. The molecule has 0 bridgehead atoms. The fourth-order valence-electron chi connectivity index (χ4n) is 1.33. The molecule has 1 rings (SSSR count). The van der Waals surface area contributed by atoms with Crippen LogP contribution < -0.4 is 4.72 Å². The van der Waals surface area contributed by atoms with Crippen LogP contribution in [0.4, 0.5) is 0 Å². The molecule has 1 atom stereocenters. The molecule has 0 saturated heterocycles.